The van der Waals surface area contributed by atoms with Crippen LogP contribution in [-0.4, -0.2) is 53.1 Å². The van der Waals surface area contributed by atoms with E-state index in [1.165, 1.54) is 18.5 Å². The molecule has 0 amide bonds. The highest BCUT2D eigenvalue weighted by Crippen LogP contribution is 2.38. The molecule has 1 aromatic carbocycles. The van der Waals surface area contributed by atoms with Crippen LogP contribution in [0.5, 0.6) is 0 Å². The van der Waals surface area contributed by atoms with Crippen LogP contribution in [-0.2, 0) is 11.2 Å². The molecule has 4 unspecified atom stereocenters. The summed E-state index contributed by atoms with van der Waals surface area (Å²) < 4.78 is 0. The third-order valence-corrected chi connectivity index (χ3v) is 5.57. The Kier molecular flexibility index (Phi) is 3.23. The van der Waals surface area contributed by atoms with Crippen LogP contribution in [0.4, 0.5) is 0 Å². The lowest BCUT2D eigenvalue weighted by Crippen LogP contribution is -2.52. The molecule has 0 radical (unpaired) electrons. The van der Waals surface area contributed by atoms with Gasteiger partial charge in [0.05, 0.1) is 0 Å². The van der Waals surface area contributed by atoms with E-state index in [9.17, 15) is 9.90 Å². The van der Waals surface area contributed by atoms with Gasteiger partial charge in [-0.3, -0.25) is 9.69 Å². The number of nitrogens with zero attached hydrogens (tertiary/aromatic N) is 2. The number of benzene rings is 1. The van der Waals surface area contributed by atoms with Crippen molar-refractivity contribution < 1.29 is 9.90 Å². The summed E-state index contributed by atoms with van der Waals surface area (Å²) in [5.74, 6) is -0.0339. The van der Waals surface area contributed by atoms with Gasteiger partial charge >= 0.3 is 5.97 Å². The van der Waals surface area contributed by atoms with Gasteiger partial charge in [-0.25, -0.2) is 0 Å². The fourth-order valence-corrected chi connectivity index (χ4v) is 4.59. The molecular weight excluding hydrogens is 264 g/mol. The van der Waals surface area contributed by atoms with Crippen molar-refractivity contribution in [3.05, 3.63) is 35.4 Å². The molecule has 2 bridgehead atoms. The molecule has 2 fully saturated rings. The van der Waals surface area contributed by atoms with E-state index in [0.717, 1.165) is 38.0 Å². The molecule has 0 spiro atoms. The first kappa shape index (κ1) is 13.3. The van der Waals surface area contributed by atoms with E-state index in [1.54, 1.807) is 0 Å². The van der Waals surface area contributed by atoms with Gasteiger partial charge in [-0.15, -0.1) is 0 Å². The number of aliphatic carboxylic acids is 1. The molecule has 0 saturated carbocycles. The van der Waals surface area contributed by atoms with E-state index in [0.29, 0.717) is 12.0 Å². The number of piperidine rings is 1. The van der Waals surface area contributed by atoms with Crippen LogP contribution < -0.4 is 0 Å². The molecule has 1 N–H and O–H groups in total. The summed E-state index contributed by atoms with van der Waals surface area (Å²) in [6, 6.07) is 8.06. The van der Waals surface area contributed by atoms with Crippen molar-refractivity contribution >= 4 is 5.97 Å². The van der Waals surface area contributed by atoms with Gasteiger partial charge in [0, 0.05) is 19.1 Å². The van der Waals surface area contributed by atoms with Gasteiger partial charge in [0.1, 0.15) is 6.04 Å². The molecule has 1 aromatic rings. The van der Waals surface area contributed by atoms with Crippen molar-refractivity contribution in [2.75, 3.05) is 26.2 Å². The smallest absolute Gasteiger partial charge is 0.325 e. The lowest BCUT2D eigenvalue weighted by Gasteiger charge is -2.44. The van der Waals surface area contributed by atoms with Crippen molar-refractivity contribution in [1.29, 1.82) is 0 Å². The first-order valence-electron chi connectivity index (χ1n) is 8.03. The third kappa shape index (κ3) is 2.17. The summed E-state index contributed by atoms with van der Waals surface area (Å²) >= 11 is 0. The Labute approximate surface area is 125 Å². The monoisotopic (exact) mass is 286 g/mol. The van der Waals surface area contributed by atoms with Crippen LogP contribution in [0.3, 0.4) is 0 Å². The number of carbonyl (C=O) groups is 1. The minimum absolute atomic E-state index is 0.443. The molecular formula is C17H22N2O2. The molecule has 4 heteroatoms. The van der Waals surface area contributed by atoms with Crippen molar-refractivity contribution in [1.82, 2.24) is 9.80 Å². The average Bonchev–Trinajstić information content (AvgIpc) is 2.87. The standard InChI is InChI=1S/C17H22N2O2/c20-17(21)16-14-4-2-1-3-12(14)6-10-19(16)15-7-9-18-8-5-13(15)11-18/h1-4,13,15-16H,5-11H2,(H,20,21). The van der Waals surface area contributed by atoms with Crippen molar-refractivity contribution in [3.63, 3.8) is 0 Å². The number of carboxylic acids is 1. The molecule has 0 aromatic heterocycles. The van der Waals surface area contributed by atoms with E-state index in [1.807, 2.05) is 18.2 Å². The molecule has 3 aliphatic heterocycles. The first-order chi connectivity index (χ1) is 10.2. The quantitative estimate of drug-likeness (QED) is 0.900. The molecule has 21 heavy (non-hydrogen) atoms. The molecule has 4 atom stereocenters. The first-order valence-corrected chi connectivity index (χ1v) is 8.03. The highest BCUT2D eigenvalue weighted by molar-refractivity contribution is 5.76. The maximum atomic E-state index is 11.9. The lowest BCUT2D eigenvalue weighted by atomic mass is 9.86. The van der Waals surface area contributed by atoms with Crippen LogP contribution in [0.25, 0.3) is 0 Å². The Morgan fingerprint density at radius 2 is 1.95 bits per heavy atom. The van der Waals surface area contributed by atoms with Gasteiger partial charge in [-0.05, 0) is 49.4 Å². The van der Waals surface area contributed by atoms with Crippen molar-refractivity contribution in [2.45, 2.75) is 31.3 Å². The van der Waals surface area contributed by atoms with Crippen LogP contribution in [0.15, 0.2) is 24.3 Å². The summed E-state index contributed by atoms with van der Waals surface area (Å²) in [4.78, 5) is 16.7. The Hall–Kier alpha value is -1.39. The van der Waals surface area contributed by atoms with Crippen LogP contribution in [0.2, 0.25) is 0 Å². The molecule has 4 rings (SSSR count). The normalized spacial score (nSPS) is 35.4. The van der Waals surface area contributed by atoms with E-state index < -0.39 is 12.0 Å². The average molecular weight is 286 g/mol. The van der Waals surface area contributed by atoms with Gasteiger partial charge < -0.3 is 10.0 Å². The Morgan fingerprint density at radius 1 is 1.14 bits per heavy atom. The summed E-state index contributed by atoms with van der Waals surface area (Å²) in [6.45, 7) is 4.37. The number of hydrogen-bond donors (Lipinski definition) is 1. The van der Waals surface area contributed by atoms with Crippen LogP contribution in [0.1, 0.15) is 30.0 Å². The maximum absolute atomic E-state index is 11.9. The van der Waals surface area contributed by atoms with E-state index in [-0.39, 0.29) is 0 Å². The van der Waals surface area contributed by atoms with Gasteiger partial charge in [0.15, 0.2) is 0 Å². The zero-order valence-electron chi connectivity index (χ0n) is 12.2. The third-order valence-electron chi connectivity index (χ3n) is 5.57. The molecule has 112 valence electrons. The van der Waals surface area contributed by atoms with Crippen molar-refractivity contribution in [3.8, 4) is 0 Å². The van der Waals surface area contributed by atoms with E-state index in [2.05, 4.69) is 15.9 Å². The summed E-state index contributed by atoms with van der Waals surface area (Å²) in [6.07, 6.45) is 3.33. The zero-order valence-corrected chi connectivity index (χ0v) is 12.2. The Morgan fingerprint density at radius 3 is 2.81 bits per heavy atom. The Bertz CT molecular complexity index is 559. The molecule has 2 saturated heterocycles. The molecule has 4 nitrogen and oxygen atoms in total. The number of fused-ring (bicyclic) bond motifs is 3. The summed E-state index contributed by atoms with van der Waals surface area (Å²) in [5.41, 5.74) is 2.22. The maximum Gasteiger partial charge on any atom is 0.325 e. The summed E-state index contributed by atoms with van der Waals surface area (Å²) in [5, 5.41) is 9.80. The highest BCUT2D eigenvalue weighted by Gasteiger charge is 2.43. The van der Waals surface area contributed by atoms with Crippen molar-refractivity contribution in [2.24, 2.45) is 5.92 Å². The lowest BCUT2D eigenvalue weighted by molar-refractivity contribution is -0.146. The van der Waals surface area contributed by atoms with E-state index in [4.69, 9.17) is 0 Å². The largest absolute Gasteiger partial charge is 0.480 e. The second-order valence-electron chi connectivity index (χ2n) is 6.63. The summed E-state index contributed by atoms with van der Waals surface area (Å²) in [7, 11) is 0. The van der Waals surface area contributed by atoms with E-state index >= 15 is 0 Å². The SMILES string of the molecule is O=C(O)C1c2ccccc2CCN1C1CCN2CCC1C2. The topological polar surface area (TPSA) is 43.8 Å². The second-order valence-corrected chi connectivity index (χ2v) is 6.63. The number of rotatable bonds is 2. The van der Waals surface area contributed by atoms with Gasteiger partial charge in [0.2, 0.25) is 0 Å². The predicted molar refractivity (Wildman–Crippen MR) is 80.2 cm³/mol. The zero-order chi connectivity index (χ0) is 14.4. The highest BCUT2D eigenvalue weighted by atomic mass is 16.4. The predicted octanol–water partition coefficient (Wildman–Crippen LogP) is 1.76. The van der Waals surface area contributed by atoms with Gasteiger partial charge in [0.25, 0.3) is 0 Å². The number of carboxylic acid groups (broad SMARTS) is 1. The van der Waals surface area contributed by atoms with Gasteiger partial charge in [-0.2, -0.15) is 0 Å². The minimum Gasteiger partial charge on any atom is -0.480 e. The fourth-order valence-electron chi connectivity index (χ4n) is 4.59. The molecule has 3 aliphatic rings. The fraction of sp³-hybridized carbons (Fsp3) is 0.588. The minimum atomic E-state index is -0.692. The van der Waals surface area contributed by atoms with Gasteiger partial charge in [-0.1, -0.05) is 24.3 Å². The Balaban J connectivity index is 1.67. The molecule has 3 heterocycles. The van der Waals surface area contributed by atoms with Crippen LogP contribution in [0, 0.1) is 5.92 Å². The second kappa shape index (κ2) is 5.11. The van der Waals surface area contributed by atoms with Crippen LogP contribution >= 0.6 is 0 Å². The number of hydrogen-bond acceptors (Lipinski definition) is 3. The molecule has 0 aliphatic carbocycles.